The van der Waals surface area contributed by atoms with Crippen molar-refractivity contribution < 1.29 is 35.8 Å². The van der Waals surface area contributed by atoms with Crippen molar-refractivity contribution in [3.63, 3.8) is 0 Å². The van der Waals surface area contributed by atoms with Crippen LogP contribution in [0.2, 0.25) is 0 Å². The van der Waals surface area contributed by atoms with Crippen molar-refractivity contribution in [2.75, 3.05) is 17.2 Å². The molecule has 1 aromatic carbocycles. The van der Waals surface area contributed by atoms with Gasteiger partial charge in [0.1, 0.15) is 5.75 Å². The molecule has 0 amide bonds. The predicted molar refractivity (Wildman–Crippen MR) is 91.2 cm³/mol. The third-order valence-corrected chi connectivity index (χ3v) is 3.31. The second-order valence-corrected chi connectivity index (χ2v) is 5.82. The van der Waals surface area contributed by atoms with Crippen molar-refractivity contribution in [2.24, 2.45) is 0 Å². The molecule has 13 heteroatoms. The molecular weight excluding hydrogens is 408 g/mol. The van der Waals surface area contributed by atoms with Crippen molar-refractivity contribution in [3.05, 3.63) is 24.3 Å². The zero-order chi connectivity index (χ0) is 21.7. The number of benzene rings is 1. The average Bonchev–Trinajstić information content (AvgIpc) is 2.59. The first-order valence-corrected chi connectivity index (χ1v) is 8.28. The Morgan fingerprint density at radius 1 is 0.966 bits per heavy atom. The zero-order valence-electron chi connectivity index (χ0n) is 15.2. The molecule has 0 saturated heterocycles. The van der Waals surface area contributed by atoms with Gasteiger partial charge in [-0.3, -0.25) is 0 Å². The molecule has 2 rings (SSSR count). The molecule has 160 valence electrons. The summed E-state index contributed by atoms with van der Waals surface area (Å²) in [5.41, 5.74) is 0.266. The predicted octanol–water partition coefficient (Wildman–Crippen LogP) is 4.67. The third-order valence-electron chi connectivity index (χ3n) is 3.31. The Bertz CT molecular complexity index is 798. The molecule has 29 heavy (non-hydrogen) atoms. The van der Waals surface area contributed by atoms with E-state index in [1.165, 1.54) is 12.1 Å². The first kappa shape index (κ1) is 22.3. The van der Waals surface area contributed by atoms with Gasteiger partial charge in [0.05, 0.1) is 0 Å². The van der Waals surface area contributed by atoms with E-state index in [2.05, 4.69) is 35.1 Å². The molecule has 0 radical (unpaired) electrons. The standard InChI is InChI=1S/C16H17F6N5O2/c1-3-9(2)23-12-25-13(27-14(26-12)28-8-15(17,18)19)24-10-4-6-11(7-5-10)29-16(20,21)22/h4-7,9H,3,8H2,1-2H3,(H2,23,24,25,26,27)/t9-/m1/s1. The number of anilines is 3. The van der Waals surface area contributed by atoms with Gasteiger partial charge in [0.25, 0.3) is 0 Å². The number of hydrogen-bond donors (Lipinski definition) is 2. The van der Waals surface area contributed by atoms with E-state index >= 15 is 0 Å². The van der Waals surface area contributed by atoms with Crippen LogP contribution < -0.4 is 20.1 Å². The number of halogens is 6. The minimum atomic E-state index is -4.83. The van der Waals surface area contributed by atoms with Gasteiger partial charge in [-0.05, 0) is 37.6 Å². The molecule has 0 aliphatic heterocycles. The van der Waals surface area contributed by atoms with Crippen molar-refractivity contribution in [2.45, 2.75) is 38.8 Å². The SMILES string of the molecule is CC[C@@H](C)Nc1nc(Nc2ccc(OC(F)(F)F)cc2)nc(OCC(F)(F)F)n1. The van der Waals surface area contributed by atoms with Gasteiger partial charge in [-0.1, -0.05) is 6.92 Å². The van der Waals surface area contributed by atoms with Crippen LogP contribution in [0.1, 0.15) is 20.3 Å². The molecule has 7 nitrogen and oxygen atoms in total. The summed E-state index contributed by atoms with van der Waals surface area (Å²) in [7, 11) is 0. The Labute approximate surface area is 161 Å². The Balaban J connectivity index is 2.19. The van der Waals surface area contributed by atoms with E-state index in [0.717, 1.165) is 12.1 Å². The molecule has 0 aliphatic carbocycles. The lowest BCUT2D eigenvalue weighted by molar-refractivity contribution is -0.274. The van der Waals surface area contributed by atoms with Crippen LogP contribution in [0.15, 0.2) is 24.3 Å². The largest absolute Gasteiger partial charge is 0.573 e. The summed E-state index contributed by atoms with van der Waals surface area (Å²) < 4.78 is 82.1. The van der Waals surface area contributed by atoms with Crippen LogP contribution in [0.4, 0.5) is 43.9 Å². The molecule has 1 aromatic heterocycles. The number of nitrogens with one attached hydrogen (secondary N) is 2. The third kappa shape index (κ3) is 8.27. The van der Waals surface area contributed by atoms with Crippen molar-refractivity contribution >= 4 is 17.6 Å². The normalized spacial score (nSPS) is 13.0. The molecule has 0 fully saturated rings. The Hall–Kier alpha value is -2.99. The minimum Gasteiger partial charge on any atom is -0.454 e. The molecule has 0 bridgehead atoms. The molecule has 1 heterocycles. The summed E-state index contributed by atoms with van der Waals surface area (Å²) in [5, 5.41) is 5.54. The number of nitrogens with zero attached hydrogens (tertiary/aromatic N) is 3. The highest BCUT2D eigenvalue weighted by Crippen LogP contribution is 2.25. The van der Waals surface area contributed by atoms with Crippen LogP contribution in [-0.4, -0.2) is 40.1 Å². The summed E-state index contributed by atoms with van der Waals surface area (Å²) in [6, 6.07) is 3.96. The zero-order valence-corrected chi connectivity index (χ0v) is 15.2. The Kier molecular flexibility index (Phi) is 6.93. The molecule has 1 atom stereocenters. The van der Waals surface area contributed by atoms with E-state index in [4.69, 9.17) is 0 Å². The monoisotopic (exact) mass is 425 g/mol. The van der Waals surface area contributed by atoms with E-state index in [1.807, 2.05) is 13.8 Å². The maximum absolute atomic E-state index is 12.4. The van der Waals surface area contributed by atoms with Gasteiger partial charge in [0, 0.05) is 11.7 Å². The van der Waals surface area contributed by atoms with E-state index in [1.54, 1.807) is 0 Å². The molecule has 0 saturated carbocycles. The summed E-state index contributed by atoms with van der Waals surface area (Å²) in [4.78, 5) is 11.5. The van der Waals surface area contributed by atoms with Crippen LogP contribution in [0, 0.1) is 0 Å². The number of aromatic nitrogens is 3. The first-order chi connectivity index (χ1) is 13.4. The highest BCUT2D eigenvalue weighted by molar-refractivity contribution is 5.55. The molecule has 0 aliphatic rings. The van der Waals surface area contributed by atoms with Gasteiger partial charge in [0.15, 0.2) is 6.61 Å². The molecule has 2 aromatic rings. The second-order valence-electron chi connectivity index (χ2n) is 5.82. The van der Waals surface area contributed by atoms with Crippen LogP contribution in [0.5, 0.6) is 11.8 Å². The van der Waals surface area contributed by atoms with Gasteiger partial charge >= 0.3 is 18.5 Å². The lowest BCUT2D eigenvalue weighted by Crippen LogP contribution is -2.21. The van der Waals surface area contributed by atoms with Crippen LogP contribution in [0.3, 0.4) is 0 Å². The minimum absolute atomic E-state index is 0.0222. The van der Waals surface area contributed by atoms with Crippen molar-refractivity contribution in [1.82, 2.24) is 15.0 Å². The van der Waals surface area contributed by atoms with E-state index in [0.29, 0.717) is 6.42 Å². The molecular formula is C16H17F6N5O2. The number of hydrogen-bond acceptors (Lipinski definition) is 7. The van der Waals surface area contributed by atoms with Gasteiger partial charge in [-0.25, -0.2) is 0 Å². The maximum Gasteiger partial charge on any atom is 0.573 e. The van der Waals surface area contributed by atoms with Crippen LogP contribution in [-0.2, 0) is 0 Å². The summed E-state index contributed by atoms with van der Waals surface area (Å²) in [6.45, 7) is 2.10. The number of rotatable bonds is 8. The van der Waals surface area contributed by atoms with E-state index < -0.39 is 30.9 Å². The molecule has 2 N–H and O–H groups in total. The number of ether oxygens (including phenoxy) is 2. The van der Waals surface area contributed by atoms with Crippen LogP contribution >= 0.6 is 0 Å². The lowest BCUT2D eigenvalue weighted by Gasteiger charge is -2.14. The molecule has 0 unspecified atom stereocenters. The fourth-order valence-corrected chi connectivity index (χ4v) is 1.88. The van der Waals surface area contributed by atoms with Gasteiger partial charge in [0.2, 0.25) is 11.9 Å². The summed E-state index contributed by atoms with van der Waals surface area (Å²) in [6.07, 6.45) is -8.73. The first-order valence-electron chi connectivity index (χ1n) is 8.28. The van der Waals surface area contributed by atoms with Crippen molar-refractivity contribution in [1.29, 1.82) is 0 Å². The maximum atomic E-state index is 12.4. The Morgan fingerprint density at radius 3 is 2.14 bits per heavy atom. The average molecular weight is 425 g/mol. The topological polar surface area (TPSA) is 81.2 Å². The highest BCUT2D eigenvalue weighted by Gasteiger charge is 2.31. The van der Waals surface area contributed by atoms with Crippen LogP contribution in [0.25, 0.3) is 0 Å². The summed E-state index contributed by atoms with van der Waals surface area (Å²) >= 11 is 0. The second kappa shape index (κ2) is 9.01. The fourth-order valence-electron chi connectivity index (χ4n) is 1.88. The quantitative estimate of drug-likeness (QED) is 0.595. The van der Waals surface area contributed by atoms with Crippen molar-refractivity contribution in [3.8, 4) is 11.8 Å². The fraction of sp³-hybridized carbons (Fsp3) is 0.438. The van der Waals surface area contributed by atoms with Gasteiger partial charge in [-0.15, -0.1) is 13.2 Å². The van der Waals surface area contributed by atoms with Gasteiger partial charge < -0.3 is 20.1 Å². The summed E-state index contributed by atoms with van der Waals surface area (Å²) in [5.74, 6) is -0.620. The van der Waals surface area contributed by atoms with Gasteiger partial charge in [-0.2, -0.15) is 28.1 Å². The van der Waals surface area contributed by atoms with E-state index in [-0.39, 0.29) is 23.6 Å². The number of alkyl halides is 6. The smallest absolute Gasteiger partial charge is 0.454 e. The Morgan fingerprint density at radius 2 is 1.59 bits per heavy atom. The molecule has 0 spiro atoms. The highest BCUT2D eigenvalue weighted by atomic mass is 19.4. The lowest BCUT2D eigenvalue weighted by atomic mass is 10.3. The van der Waals surface area contributed by atoms with E-state index in [9.17, 15) is 26.3 Å².